The normalized spacial score (nSPS) is 15.6. The van der Waals surface area contributed by atoms with Crippen LogP contribution in [0.2, 0.25) is 5.02 Å². The zero-order chi connectivity index (χ0) is 12.8. The van der Waals surface area contributed by atoms with E-state index in [9.17, 15) is 0 Å². The molecule has 6 heteroatoms. The molecule has 0 radical (unpaired) electrons. The van der Waals surface area contributed by atoms with Crippen LogP contribution in [0.15, 0.2) is 29.3 Å². The molecule has 19 heavy (non-hydrogen) atoms. The van der Waals surface area contributed by atoms with Gasteiger partial charge < -0.3 is 15.4 Å². The van der Waals surface area contributed by atoms with Crippen molar-refractivity contribution in [1.29, 1.82) is 0 Å². The van der Waals surface area contributed by atoms with Crippen molar-refractivity contribution in [3.63, 3.8) is 0 Å². The van der Waals surface area contributed by atoms with Crippen molar-refractivity contribution in [2.24, 2.45) is 4.99 Å². The summed E-state index contributed by atoms with van der Waals surface area (Å²) in [6, 6.07) is 7.39. The number of ether oxygens (including phenoxy) is 1. The number of nitrogens with zero attached hydrogens (tertiary/aromatic N) is 1. The third kappa shape index (κ3) is 5.86. The van der Waals surface area contributed by atoms with E-state index in [2.05, 4.69) is 15.6 Å². The van der Waals surface area contributed by atoms with E-state index in [1.807, 2.05) is 31.2 Å². The fraction of sp³-hybridized carbons (Fsp3) is 0.462. The molecule has 1 heterocycles. The molecule has 0 aliphatic carbocycles. The van der Waals surface area contributed by atoms with Crippen molar-refractivity contribution in [3.05, 3.63) is 29.3 Å². The van der Waals surface area contributed by atoms with Crippen LogP contribution < -0.4 is 15.4 Å². The van der Waals surface area contributed by atoms with Gasteiger partial charge in [0, 0.05) is 18.1 Å². The molecule has 1 aromatic rings. The van der Waals surface area contributed by atoms with Gasteiger partial charge in [-0.25, -0.2) is 0 Å². The van der Waals surface area contributed by atoms with E-state index in [1.54, 1.807) is 0 Å². The number of aliphatic imine (C=N–C) groups is 1. The summed E-state index contributed by atoms with van der Waals surface area (Å²) in [5, 5.41) is 7.17. The molecule has 1 aliphatic rings. The van der Waals surface area contributed by atoms with Crippen LogP contribution in [0.25, 0.3) is 0 Å². The molecule has 1 unspecified atom stereocenters. The Morgan fingerprint density at radius 3 is 2.79 bits per heavy atom. The lowest BCUT2D eigenvalue weighted by atomic mass is 10.3. The first-order chi connectivity index (χ1) is 8.74. The van der Waals surface area contributed by atoms with Crippen molar-refractivity contribution in [1.82, 2.24) is 10.6 Å². The van der Waals surface area contributed by atoms with Crippen LogP contribution in [-0.4, -0.2) is 31.7 Å². The molecule has 0 aromatic heterocycles. The maximum atomic E-state index is 5.82. The third-order valence-electron chi connectivity index (χ3n) is 2.61. The van der Waals surface area contributed by atoms with Gasteiger partial charge in [-0.05, 0) is 37.6 Å². The number of halogens is 2. The Bertz CT molecular complexity index is 411. The molecule has 1 aliphatic heterocycles. The van der Waals surface area contributed by atoms with Crippen LogP contribution in [0.4, 0.5) is 0 Å². The molecule has 0 saturated heterocycles. The summed E-state index contributed by atoms with van der Waals surface area (Å²) in [4.78, 5) is 4.34. The zero-order valence-electron chi connectivity index (χ0n) is 10.9. The fourth-order valence-electron chi connectivity index (χ4n) is 1.68. The molecule has 0 bridgehead atoms. The molecule has 0 saturated carbocycles. The lowest BCUT2D eigenvalue weighted by Gasteiger charge is -2.19. The largest absolute Gasteiger partial charge is 0.489 e. The highest BCUT2D eigenvalue weighted by Crippen LogP contribution is 2.16. The van der Waals surface area contributed by atoms with E-state index < -0.39 is 0 Å². The van der Waals surface area contributed by atoms with Crippen LogP contribution in [0, 0.1) is 0 Å². The molecule has 2 rings (SSSR count). The Hall–Kier alpha value is -0.690. The summed E-state index contributed by atoms with van der Waals surface area (Å²) < 4.78 is 5.76. The summed E-state index contributed by atoms with van der Waals surface area (Å²) in [5.41, 5.74) is 0. The number of hydrogen-bond donors (Lipinski definition) is 2. The van der Waals surface area contributed by atoms with Crippen LogP contribution in [0.5, 0.6) is 5.75 Å². The van der Waals surface area contributed by atoms with Gasteiger partial charge in [-0.2, -0.15) is 0 Å². The standard InChI is InChI=1S/C13H18ClN3O.HI/c1-10(9-17-13-15-7-2-8-16-13)18-12-5-3-11(14)4-6-12;/h3-6,10H,2,7-9H2,1H3,(H2,15,16,17);1H. The Morgan fingerprint density at radius 2 is 2.16 bits per heavy atom. The van der Waals surface area contributed by atoms with Crippen LogP contribution in [0.3, 0.4) is 0 Å². The van der Waals surface area contributed by atoms with Gasteiger partial charge in [0.25, 0.3) is 0 Å². The van der Waals surface area contributed by atoms with Crippen molar-refractivity contribution in [2.75, 3.05) is 19.6 Å². The first-order valence-corrected chi connectivity index (χ1v) is 6.56. The lowest BCUT2D eigenvalue weighted by Crippen LogP contribution is -2.44. The molecule has 1 aromatic carbocycles. The maximum Gasteiger partial charge on any atom is 0.191 e. The minimum absolute atomic E-state index is 0. The molecular weight excluding hydrogens is 377 g/mol. The third-order valence-corrected chi connectivity index (χ3v) is 2.86. The Morgan fingerprint density at radius 1 is 1.42 bits per heavy atom. The molecule has 4 nitrogen and oxygen atoms in total. The second-order valence-corrected chi connectivity index (χ2v) is 4.71. The van der Waals surface area contributed by atoms with E-state index in [1.165, 1.54) is 0 Å². The molecule has 0 spiro atoms. The van der Waals surface area contributed by atoms with Gasteiger partial charge in [0.1, 0.15) is 11.9 Å². The molecular formula is C13H19ClIN3O. The molecule has 0 fully saturated rings. The summed E-state index contributed by atoms with van der Waals surface area (Å²) in [5.74, 6) is 1.69. The predicted octanol–water partition coefficient (Wildman–Crippen LogP) is 2.66. The SMILES string of the molecule is CC(CNC1=NCCCN1)Oc1ccc(Cl)cc1.I. The summed E-state index contributed by atoms with van der Waals surface area (Å²) in [6.07, 6.45) is 1.17. The average Bonchev–Trinajstić information content (AvgIpc) is 2.40. The van der Waals surface area contributed by atoms with E-state index in [0.717, 1.165) is 31.2 Å². The van der Waals surface area contributed by atoms with Crippen molar-refractivity contribution < 1.29 is 4.74 Å². The number of rotatable bonds is 4. The fourth-order valence-corrected chi connectivity index (χ4v) is 1.80. The second kappa shape index (κ2) is 8.47. The summed E-state index contributed by atoms with van der Waals surface area (Å²) in [7, 11) is 0. The van der Waals surface area contributed by atoms with Gasteiger partial charge in [0.05, 0.1) is 6.54 Å². The summed E-state index contributed by atoms with van der Waals surface area (Å²) >= 11 is 5.82. The van der Waals surface area contributed by atoms with Gasteiger partial charge in [-0.1, -0.05) is 11.6 Å². The summed E-state index contributed by atoms with van der Waals surface area (Å²) in [6.45, 7) is 4.61. The predicted molar refractivity (Wildman–Crippen MR) is 89.9 cm³/mol. The molecule has 106 valence electrons. The topological polar surface area (TPSA) is 45.7 Å². The van der Waals surface area contributed by atoms with Crippen LogP contribution in [-0.2, 0) is 0 Å². The first-order valence-electron chi connectivity index (χ1n) is 6.18. The van der Waals surface area contributed by atoms with Crippen molar-refractivity contribution in [2.45, 2.75) is 19.4 Å². The van der Waals surface area contributed by atoms with E-state index >= 15 is 0 Å². The van der Waals surface area contributed by atoms with Crippen molar-refractivity contribution in [3.8, 4) is 5.75 Å². The van der Waals surface area contributed by atoms with Crippen molar-refractivity contribution >= 4 is 41.5 Å². The van der Waals surface area contributed by atoms with Gasteiger partial charge in [-0.15, -0.1) is 24.0 Å². The monoisotopic (exact) mass is 395 g/mol. The number of nitrogens with one attached hydrogen (secondary N) is 2. The second-order valence-electron chi connectivity index (χ2n) is 4.27. The van der Waals surface area contributed by atoms with E-state index in [-0.39, 0.29) is 30.1 Å². The quantitative estimate of drug-likeness (QED) is 0.771. The maximum absolute atomic E-state index is 5.82. The van der Waals surface area contributed by atoms with Crippen LogP contribution >= 0.6 is 35.6 Å². The number of guanidine groups is 1. The minimum atomic E-state index is 0. The average molecular weight is 396 g/mol. The molecule has 0 amide bonds. The first kappa shape index (κ1) is 16.4. The highest BCUT2D eigenvalue weighted by Gasteiger charge is 2.07. The highest BCUT2D eigenvalue weighted by atomic mass is 127. The Labute approximate surface area is 136 Å². The Kier molecular flexibility index (Phi) is 7.30. The highest BCUT2D eigenvalue weighted by molar-refractivity contribution is 14.0. The van der Waals surface area contributed by atoms with Gasteiger partial charge in [0.15, 0.2) is 5.96 Å². The van der Waals surface area contributed by atoms with Gasteiger partial charge in [0.2, 0.25) is 0 Å². The van der Waals surface area contributed by atoms with E-state index in [4.69, 9.17) is 16.3 Å². The smallest absolute Gasteiger partial charge is 0.191 e. The van der Waals surface area contributed by atoms with Crippen LogP contribution in [0.1, 0.15) is 13.3 Å². The van der Waals surface area contributed by atoms with Gasteiger partial charge >= 0.3 is 0 Å². The minimum Gasteiger partial charge on any atom is -0.489 e. The number of hydrogen-bond acceptors (Lipinski definition) is 4. The number of benzene rings is 1. The Balaban J connectivity index is 0.00000180. The zero-order valence-corrected chi connectivity index (χ0v) is 13.9. The molecule has 2 N–H and O–H groups in total. The molecule has 1 atom stereocenters. The van der Waals surface area contributed by atoms with Gasteiger partial charge in [-0.3, -0.25) is 4.99 Å². The lowest BCUT2D eigenvalue weighted by molar-refractivity contribution is 0.223. The van der Waals surface area contributed by atoms with E-state index in [0.29, 0.717) is 11.6 Å².